The molecule has 0 radical (unpaired) electrons. The van der Waals surface area contributed by atoms with E-state index in [4.69, 9.17) is 4.74 Å². The summed E-state index contributed by atoms with van der Waals surface area (Å²) in [5.41, 5.74) is 1.09. The van der Waals surface area contributed by atoms with E-state index in [2.05, 4.69) is 10.6 Å². The number of hydrogen-bond acceptors (Lipinski definition) is 3. The van der Waals surface area contributed by atoms with Gasteiger partial charge in [0.25, 0.3) is 0 Å². The molecule has 2 amide bonds. The monoisotopic (exact) mass is 290 g/mol. The molecule has 5 nitrogen and oxygen atoms in total. The highest BCUT2D eigenvalue weighted by Gasteiger charge is 2.42. The van der Waals surface area contributed by atoms with Crippen LogP contribution in [0.1, 0.15) is 31.2 Å². The number of nitrogens with one attached hydrogen (secondary N) is 2. The maximum Gasteiger partial charge on any atom is 0.315 e. The Hall–Kier alpha value is -1.75. The van der Waals surface area contributed by atoms with E-state index in [-0.39, 0.29) is 30.0 Å². The summed E-state index contributed by atoms with van der Waals surface area (Å²) < 4.78 is 5.65. The average molecular weight is 290 g/mol. The number of para-hydroxylation sites is 1. The highest BCUT2D eigenvalue weighted by atomic mass is 16.5. The van der Waals surface area contributed by atoms with Gasteiger partial charge in [0.1, 0.15) is 5.75 Å². The molecule has 3 N–H and O–H groups in total. The second-order valence-corrected chi connectivity index (χ2v) is 6.23. The predicted octanol–water partition coefficient (Wildman–Crippen LogP) is 1.62. The number of fused-ring (bicyclic) bond motifs is 1. The third-order valence-corrected chi connectivity index (χ3v) is 4.62. The van der Waals surface area contributed by atoms with Crippen molar-refractivity contribution in [3.05, 3.63) is 29.8 Å². The number of ether oxygens (including phenoxy) is 1. The molecular formula is C16H22N2O3. The molecule has 1 heterocycles. The summed E-state index contributed by atoms with van der Waals surface area (Å²) in [7, 11) is 0. The maximum atomic E-state index is 12.0. The van der Waals surface area contributed by atoms with Crippen LogP contribution in [-0.2, 0) is 0 Å². The Labute approximate surface area is 124 Å². The van der Waals surface area contributed by atoms with Crippen LogP contribution in [0, 0.1) is 5.41 Å². The SMILES string of the molecule is CC(NC(=O)NCC1(CO)CC1)C1COc2ccccc21. The van der Waals surface area contributed by atoms with E-state index in [1.807, 2.05) is 31.2 Å². The van der Waals surface area contributed by atoms with Crippen LogP contribution < -0.4 is 15.4 Å². The first kappa shape index (κ1) is 14.2. The number of benzene rings is 1. The highest BCUT2D eigenvalue weighted by molar-refractivity contribution is 5.74. The molecule has 21 heavy (non-hydrogen) atoms. The van der Waals surface area contributed by atoms with E-state index in [0.29, 0.717) is 13.2 Å². The van der Waals surface area contributed by atoms with Crippen LogP contribution >= 0.6 is 0 Å². The number of urea groups is 1. The van der Waals surface area contributed by atoms with E-state index in [9.17, 15) is 9.90 Å². The van der Waals surface area contributed by atoms with Crippen LogP contribution in [0.15, 0.2) is 24.3 Å². The Morgan fingerprint density at radius 3 is 2.95 bits per heavy atom. The molecule has 1 aliphatic carbocycles. The first-order valence-corrected chi connectivity index (χ1v) is 7.50. The summed E-state index contributed by atoms with van der Waals surface area (Å²) in [6.45, 7) is 3.28. The van der Waals surface area contributed by atoms with Crippen molar-refractivity contribution in [2.75, 3.05) is 19.8 Å². The number of carbonyl (C=O) groups excluding carboxylic acids is 1. The number of aliphatic hydroxyl groups excluding tert-OH is 1. The molecular weight excluding hydrogens is 268 g/mol. The minimum Gasteiger partial charge on any atom is -0.493 e. The van der Waals surface area contributed by atoms with E-state index in [0.717, 1.165) is 24.2 Å². The lowest BCUT2D eigenvalue weighted by Crippen LogP contribution is -2.45. The van der Waals surface area contributed by atoms with Gasteiger partial charge in [-0.25, -0.2) is 4.79 Å². The fraction of sp³-hybridized carbons (Fsp3) is 0.562. The summed E-state index contributed by atoms with van der Waals surface area (Å²) in [5, 5.41) is 15.1. The molecule has 2 atom stereocenters. The topological polar surface area (TPSA) is 70.6 Å². The number of hydrogen-bond donors (Lipinski definition) is 3. The normalized spacial score (nSPS) is 22.9. The Kier molecular flexibility index (Phi) is 3.76. The summed E-state index contributed by atoms with van der Waals surface area (Å²) >= 11 is 0. The molecule has 0 aromatic heterocycles. The molecule has 0 saturated heterocycles. The van der Waals surface area contributed by atoms with Crippen molar-refractivity contribution in [1.82, 2.24) is 10.6 Å². The molecule has 1 saturated carbocycles. The Morgan fingerprint density at radius 2 is 2.24 bits per heavy atom. The van der Waals surface area contributed by atoms with Gasteiger partial charge in [0.2, 0.25) is 0 Å². The molecule has 1 aromatic rings. The molecule has 2 aliphatic rings. The Bertz CT molecular complexity index is 528. The molecule has 0 bridgehead atoms. The van der Waals surface area contributed by atoms with Gasteiger partial charge in [-0.2, -0.15) is 0 Å². The van der Waals surface area contributed by atoms with Gasteiger partial charge >= 0.3 is 6.03 Å². The summed E-state index contributed by atoms with van der Waals surface area (Å²) in [6.07, 6.45) is 1.98. The van der Waals surface area contributed by atoms with Crippen molar-refractivity contribution >= 4 is 6.03 Å². The van der Waals surface area contributed by atoms with Crippen LogP contribution in [0.4, 0.5) is 4.79 Å². The van der Waals surface area contributed by atoms with E-state index >= 15 is 0 Å². The molecule has 1 aliphatic heterocycles. The standard InChI is InChI=1S/C16H22N2O3/c1-11(13-8-21-14-5-3-2-4-12(13)14)18-15(20)17-9-16(10-19)6-7-16/h2-5,11,13,19H,6-10H2,1H3,(H2,17,18,20). The van der Waals surface area contributed by atoms with Gasteiger partial charge in [-0.3, -0.25) is 0 Å². The smallest absolute Gasteiger partial charge is 0.315 e. The number of rotatable bonds is 5. The van der Waals surface area contributed by atoms with Gasteiger partial charge in [0.05, 0.1) is 13.2 Å². The van der Waals surface area contributed by atoms with Crippen molar-refractivity contribution in [3.8, 4) is 5.75 Å². The van der Waals surface area contributed by atoms with Crippen molar-refractivity contribution in [2.24, 2.45) is 5.41 Å². The lowest BCUT2D eigenvalue weighted by Gasteiger charge is -2.21. The fourth-order valence-electron chi connectivity index (χ4n) is 2.80. The second kappa shape index (κ2) is 5.56. The van der Waals surface area contributed by atoms with Gasteiger partial charge in [0, 0.05) is 29.5 Å². The molecule has 2 unspecified atom stereocenters. The zero-order chi connectivity index (χ0) is 14.9. The molecule has 5 heteroatoms. The maximum absolute atomic E-state index is 12.0. The van der Waals surface area contributed by atoms with E-state index in [1.165, 1.54) is 0 Å². The summed E-state index contributed by atoms with van der Waals surface area (Å²) in [5.74, 6) is 1.09. The Balaban J connectivity index is 1.52. The van der Waals surface area contributed by atoms with Crippen molar-refractivity contribution in [1.29, 1.82) is 0 Å². The fourth-order valence-corrected chi connectivity index (χ4v) is 2.80. The van der Waals surface area contributed by atoms with Crippen LogP contribution in [0.2, 0.25) is 0 Å². The molecule has 0 spiro atoms. The Morgan fingerprint density at radius 1 is 1.48 bits per heavy atom. The molecule has 3 rings (SSSR count). The zero-order valence-electron chi connectivity index (χ0n) is 12.3. The number of aliphatic hydroxyl groups is 1. The summed E-state index contributed by atoms with van der Waals surface area (Å²) in [6, 6.07) is 7.78. The van der Waals surface area contributed by atoms with E-state index < -0.39 is 0 Å². The van der Waals surface area contributed by atoms with Crippen LogP contribution in [0.3, 0.4) is 0 Å². The molecule has 1 fully saturated rings. The van der Waals surface area contributed by atoms with Gasteiger partial charge in [-0.1, -0.05) is 18.2 Å². The van der Waals surface area contributed by atoms with Gasteiger partial charge in [0.15, 0.2) is 0 Å². The first-order valence-electron chi connectivity index (χ1n) is 7.50. The van der Waals surface area contributed by atoms with Crippen molar-refractivity contribution in [2.45, 2.75) is 31.7 Å². The second-order valence-electron chi connectivity index (χ2n) is 6.23. The third kappa shape index (κ3) is 2.97. The minimum atomic E-state index is -0.174. The van der Waals surface area contributed by atoms with Crippen molar-refractivity contribution in [3.63, 3.8) is 0 Å². The van der Waals surface area contributed by atoms with Gasteiger partial charge in [-0.05, 0) is 25.8 Å². The quantitative estimate of drug-likeness (QED) is 0.772. The molecule has 1 aromatic carbocycles. The zero-order valence-corrected chi connectivity index (χ0v) is 12.3. The van der Waals surface area contributed by atoms with Crippen molar-refractivity contribution < 1.29 is 14.6 Å². The molecule has 114 valence electrons. The van der Waals surface area contributed by atoms with Crippen LogP contribution in [-0.4, -0.2) is 36.9 Å². The van der Waals surface area contributed by atoms with Crippen LogP contribution in [0.25, 0.3) is 0 Å². The predicted molar refractivity (Wildman–Crippen MR) is 79.4 cm³/mol. The highest BCUT2D eigenvalue weighted by Crippen LogP contribution is 2.44. The largest absolute Gasteiger partial charge is 0.493 e. The van der Waals surface area contributed by atoms with E-state index in [1.54, 1.807) is 0 Å². The first-order chi connectivity index (χ1) is 10.1. The van der Waals surface area contributed by atoms with Crippen LogP contribution in [0.5, 0.6) is 5.75 Å². The lowest BCUT2D eigenvalue weighted by molar-refractivity contribution is 0.201. The van der Waals surface area contributed by atoms with Gasteiger partial charge in [-0.15, -0.1) is 0 Å². The average Bonchev–Trinajstić information content (AvgIpc) is 3.15. The number of amides is 2. The summed E-state index contributed by atoms with van der Waals surface area (Å²) in [4.78, 5) is 12.0. The van der Waals surface area contributed by atoms with Gasteiger partial charge < -0.3 is 20.5 Å². The lowest BCUT2D eigenvalue weighted by atomic mass is 9.94. The minimum absolute atomic E-state index is 0.00192. The third-order valence-electron chi connectivity index (χ3n) is 4.62. The number of carbonyl (C=O) groups is 1.